The van der Waals surface area contributed by atoms with Crippen LogP contribution in [0.15, 0.2) is 24.3 Å². The molecule has 1 aliphatic carbocycles. The van der Waals surface area contributed by atoms with Gasteiger partial charge in [0.2, 0.25) is 5.91 Å². The van der Waals surface area contributed by atoms with E-state index in [4.69, 9.17) is 5.11 Å². The van der Waals surface area contributed by atoms with Gasteiger partial charge in [-0.05, 0) is 37.8 Å². The number of carboxylic acid groups (broad SMARTS) is 1. The number of carbonyl (C=O) groups excluding carboxylic acids is 2. The van der Waals surface area contributed by atoms with Crippen LogP contribution >= 0.6 is 0 Å². The van der Waals surface area contributed by atoms with Gasteiger partial charge in [0.05, 0.1) is 11.3 Å². The monoisotopic (exact) mass is 318 g/mol. The van der Waals surface area contributed by atoms with Gasteiger partial charge in [0, 0.05) is 25.9 Å². The lowest BCUT2D eigenvalue weighted by atomic mass is 10.1. The number of carboxylic acids is 1. The number of amides is 2. The van der Waals surface area contributed by atoms with Crippen LogP contribution in [0, 0.1) is 5.92 Å². The summed E-state index contributed by atoms with van der Waals surface area (Å²) in [7, 11) is 1.69. The first-order chi connectivity index (χ1) is 11.0. The molecule has 1 aromatic rings. The number of nitrogens with one attached hydrogen (secondary N) is 1. The highest BCUT2D eigenvalue weighted by Gasteiger charge is 2.33. The smallest absolute Gasteiger partial charge is 0.303 e. The Balaban J connectivity index is 1.94. The molecule has 1 fully saturated rings. The Morgan fingerprint density at radius 1 is 1.22 bits per heavy atom. The molecule has 2 amide bonds. The molecular weight excluding hydrogens is 296 g/mol. The fraction of sp³-hybridized carbons (Fsp3) is 0.471. The zero-order valence-corrected chi connectivity index (χ0v) is 13.2. The molecule has 6 nitrogen and oxygen atoms in total. The fourth-order valence-corrected chi connectivity index (χ4v) is 2.38. The molecule has 0 unspecified atom stereocenters. The molecule has 0 radical (unpaired) electrons. The van der Waals surface area contributed by atoms with Crippen molar-refractivity contribution in [1.29, 1.82) is 0 Å². The van der Waals surface area contributed by atoms with Gasteiger partial charge in [-0.3, -0.25) is 14.4 Å². The third-order valence-electron chi connectivity index (χ3n) is 3.87. The summed E-state index contributed by atoms with van der Waals surface area (Å²) in [4.78, 5) is 36.5. The molecule has 0 heterocycles. The first kappa shape index (κ1) is 17.0. The van der Waals surface area contributed by atoms with Gasteiger partial charge in [-0.1, -0.05) is 12.1 Å². The Morgan fingerprint density at radius 2 is 1.91 bits per heavy atom. The first-order valence-corrected chi connectivity index (χ1v) is 7.87. The van der Waals surface area contributed by atoms with E-state index >= 15 is 0 Å². The van der Waals surface area contributed by atoms with Crippen LogP contribution in [0.2, 0.25) is 0 Å². The second-order valence-corrected chi connectivity index (χ2v) is 5.80. The lowest BCUT2D eigenvalue weighted by Crippen LogP contribution is -2.31. The Bertz CT molecular complexity index is 596. The topological polar surface area (TPSA) is 86.7 Å². The minimum absolute atomic E-state index is 0.0479. The third kappa shape index (κ3) is 4.81. The molecule has 1 aromatic carbocycles. The number of aliphatic carboxylic acids is 1. The van der Waals surface area contributed by atoms with Gasteiger partial charge in [0.1, 0.15) is 0 Å². The average molecular weight is 318 g/mol. The number of rotatable bonds is 8. The second kappa shape index (κ2) is 7.76. The molecule has 6 heteroatoms. The summed E-state index contributed by atoms with van der Waals surface area (Å²) in [6.45, 7) is 0.417. The lowest BCUT2D eigenvalue weighted by molar-refractivity contribution is -0.137. The van der Waals surface area contributed by atoms with Gasteiger partial charge < -0.3 is 15.3 Å². The van der Waals surface area contributed by atoms with Crippen LogP contribution in [0.4, 0.5) is 5.69 Å². The van der Waals surface area contributed by atoms with Crippen LogP contribution in [0.1, 0.15) is 42.5 Å². The molecule has 1 saturated carbocycles. The molecule has 0 spiro atoms. The van der Waals surface area contributed by atoms with Gasteiger partial charge in [-0.25, -0.2) is 0 Å². The fourth-order valence-electron chi connectivity index (χ4n) is 2.38. The molecule has 0 saturated heterocycles. The summed E-state index contributed by atoms with van der Waals surface area (Å²) in [6, 6.07) is 7.02. The number of benzene rings is 1. The molecular formula is C17H22N2O4. The second-order valence-electron chi connectivity index (χ2n) is 5.80. The van der Waals surface area contributed by atoms with Crippen LogP contribution in [0.3, 0.4) is 0 Å². The van der Waals surface area contributed by atoms with Gasteiger partial charge >= 0.3 is 5.97 Å². The Morgan fingerprint density at radius 3 is 2.57 bits per heavy atom. The van der Waals surface area contributed by atoms with Crippen molar-refractivity contribution in [3.63, 3.8) is 0 Å². The Kier molecular flexibility index (Phi) is 5.73. The van der Waals surface area contributed by atoms with Crippen molar-refractivity contribution in [2.45, 2.75) is 32.1 Å². The van der Waals surface area contributed by atoms with E-state index in [2.05, 4.69) is 5.32 Å². The highest BCUT2D eigenvalue weighted by atomic mass is 16.4. The van der Waals surface area contributed by atoms with E-state index < -0.39 is 5.97 Å². The summed E-state index contributed by atoms with van der Waals surface area (Å²) >= 11 is 0. The van der Waals surface area contributed by atoms with E-state index in [0.717, 1.165) is 12.8 Å². The molecule has 124 valence electrons. The highest BCUT2D eigenvalue weighted by Crippen LogP contribution is 2.33. The summed E-state index contributed by atoms with van der Waals surface area (Å²) in [5.41, 5.74) is 1.06. The predicted molar refractivity (Wildman–Crippen MR) is 86.4 cm³/mol. The molecule has 2 N–H and O–H groups in total. The zero-order valence-electron chi connectivity index (χ0n) is 13.2. The largest absolute Gasteiger partial charge is 0.481 e. The van der Waals surface area contributed by atoms with Crippen LogP contribution in [0.5, 0.6) is 0 Å². The van der Waals surface area contributed by atoms with Crippen molar-refractivity contribution in [3.05, 3.63) is 29.8 Å². The molecule has 0 aromatic heterocycles. The Hall–Kier alpha value is -2.37. The number of hydrogen-bond acceptors (Lipinski definition) is 3. The molecule has 0 aliphatic heterocycles. The third-order valence-corrected chi connectivity index (χ3v) is 3.87. The first-order valence-electron chi connectivity index (χ1n) is 7.87. The van der Waals surface area contributed by atoms with Gasteiger partial charge in [-0.15, -0.1) is 0 Å². The zero-order chi connectivity index (χ0) is 16.8. The van der Waals surface area contributed by atoms with Gasteiger partial charge in [0.25, 0.3) is 5.91 Å². The van der Waals surface area contributed by atoms with Crippen molar-refractivity contribution in [2.24, 2.45) is 5.92 Å². The van der Waals surface area contributed by atoms with Crippen LogP contribution < -0.4 is 10.2 Å². The number of para-hydroxylation sites is 1. The standard InChI is InChI=1S/C17H22N2O4/c1-19(17(23)12-9-10-12)14-7-3-2-6-13(14)16(22)18-11-5-4-8-15(20)21/h2-3,6-7,12H,4-5,8-11H2,1H3,(H,18,22)(H,20,21). The maximum absolute atomic E-state index is 12.3. The summed E-state index contributed by atoms with van der Waals surface area (Å²) in [6.07, 6.45) is 3.07. The van der Waals surface area contributed by atoms with E-state index in [-0.39, 0.29) is 24.2 Å². The molecule has 23 heavy (non-hydrogen) atoms. The van der Waals surface area contributed by atoms with E-state index in [1.807, 2.05) is 0 Å². The molecule has 1 aliphatic rings. The quantitative estimate of drug-likeness (QED) is 0.718. The number of hydrogen-bond donors (Lipinski definition) is 2. The van der Waals surface area contributed by atoms with Gasteiger partial charge in [-0.2, -0.15) is 0 Å². The molecule has 0 atom stereocenters. The van der Waals surface area contributed by atoms with Crippen LogP contribution in [-0.4, -0.2) is 36.5 Å². The van der Waals surface area contributed by atoms with Crippen molar-refractivity contribution < 1.29 is 19.5 Å². The summed E-state index contributed by atoms with van der Waals surface area (Å²) < 4.78 is 0. The van der Waals surface area contributed by atoms with E-state index in [0.29, 0.717) is 30.6 Å². The van der Waals surface area contributed by atoms with Gasteiger partial charge in [0.15, 0.2) is 0 Å². The van der Waals surface area contributed by atoms with E-state index in [9.17, 15) is 14.4 Å². The van der Waals surface area contributed by atoms with Crippen molar-refractivity contribution >= 4 is 23.5 Å². The van der Waals surface area contributed by atoms with Crippen LogP contribution in [-0.2, 0) is 9.59 Å². The van der Waals surface area contributed by atoms with E-state index in [1.165, 1.54) is 0 Å². The number of carbonyl (C=O) groups is 3. The minimum Gasteiger partial charge on any atom is -0.481 e. The SMILES string of the molecule is CN(C(=O)C1CC1)c1ccccc1C(=O)NCCCCC(=O)O. The average Bonchev–Trinajstić information content (AvgIpc) is 3.37. The van der Waals surface area contributed by atoms with E-state index in [1.54, 1.807) is 36.2 Å². The highest BCUT2D eigenvalue weighted by molar-refractivity contribution is 6.05. The summed E-state index contributed by atoms with van der Waals surface area (Å²) in [5, 5.41) is 11.4. The normalized spacial score (nSPS) is 13.4. The summed E-state index contributed by atoms with van der Waals surface area (Å²) in [5.74, 6) is -0.938. The van der Waals surface area contributed by atoms with Crippen LogP contribution in [0.25, 0.3) is 0 Å². The Labute approximate surface area is 135 Å². The predicted octanol–water partition coefficient (Wildman–Crippen LogP) is 2.04. The lowest BCUT2D eigenvalue weighted by Gasteiger charge is -2.20. The maximum atomic E-state index is 12.3. The molecule has 2 rings (SSSR count). The van der Waals surface area contributed by atoms with Crippen molar-refractivity contribution in [3.8, 4) is 0 Å². The number of unbranched alkanes of at least 4 members (excludes halogenated alkanes) is 1. The van der Waals surface area contributed by atoms with Crippen molar-refractivity contribution in [2.75, 3.05) is 18.5 Å². The van der Waals surface area contributed by atoms with Crippen molar-refractivity contribution in [1.82, 2.24) is 5.32 Å². The molecule has 0 bridgehead atoms. The maximum Gasteiger partial charge on any atom is 0.303 e. The minimum atomic E-state index is -0.832. The number of nitrogens with zero attached hydrogens (tertiary/aromatic N) is 1. The number of anilines is 1.